The Kier molecular flexibility index (Phi) is 6.23. The van der Waals surface area contributed by atoms with E-state index in [1.807, 2.05) is 6.07 Å². The Morgan fingerprint density at radius 3 is 2.47 bits per heavy atom. The van der Waals surface area contributed by atoms with E-state index < -0.39 is 0 Å². The molecule has 0 spiro atoms. The third-order valence-electron chi connectivity index (χ3n) is 6.37. The lowest BCUT2D eigenvalue weighted by Gasteiger charge is -2.25. The minimum absolute atomic E-state index is 0.00498. The van der Waals surface area contributed by atoms with Gasteiger partial charge in [-0.1, -0.05) is 35.7 Å². The summed E-state index contributed by atoms with van der Waals surface area (Å²) >= 11 is 12.0. The Balaban J connectivity index is 1.36. The third-order valence-corrected chi connectivity index (χ3v) is 7.11. The fourth-order valence-corrected chi connectivity index (χ4v) is 4.32. The molecule has 0 radical (unpaired) electrons. The van der Waals surface area contributed by atoms with Crippen molar-refractivity contribution < 1.29 is 14.7 Å². The van der Waals surface area contributed by atoms with E-state index in [-0.39, 0.29) is 36.1 Å². The van der Waals surface area contributed by atoms with Gasteiger partial charge in [-0.3, -0.25) is 4.79 Å². The van der Waals surface area contributed by atoms with Crippen molar-refractivity contribution in [2.24, 2.45) is 5.92 Å². The monoisotopic (exact) mass is 498 g/mol. The molecule has 0 saturated heterocycles. The highest BCUT2D eigenvalue weighted by molar-refractivity contribution is 6.42. The van der Waals surface area contributed by atoms with Crippen molar-refractivity contribution in [1.29, 1.82) is 0 Å². The summed E-state index contributed by atoms with van der Waals surface area (Å²) in [5.41, 5.74) is 3.18. The van der Waals surface area contributed by atoms with E-state index in [9.17, 15) is 14.7 Å². The minimum atomic E-state index is -0.355. The number of halogens is 2. The molecule has 34 heavy (non-hydrogen) atoms. The topological polar surface area (TPSA) is 96.3 Å². The predicted molar refractivity (Wildman–Crippen MR) is 131 cm³/mol. The van der Waals surface area contributed by atoms with Crippen LogP contribution in [0.25, 0.3) is 11.3 Å². The van der Waals surface area contributed by atoms with E-state index in [4.69, 9.17) is 23.2 Å². The molecule has 2 aliphatic rings. The molecule has 0 aliphatic heterocycles. The largest absolute Gasteiger partial charge is 0.507 e. The SMILES string of the molecule is O=C(Nc1ccc(-c2cc(C3CCC3)n(C(=O)NCc3ccc(Cl)c(Cl)c3)n2)c(O)c1)C1CC1. The van der Waals surface area contributed by atoms with Gasteiger partial charge in [0.05, 0.1) is 21.4 Å². The van der Waals surface area contributed by atoms with Crippen LogP contribution in [-0.2, 0) is 11.3 Å². The molecule has 2 saturated carbocycles. The maximum Gasteiger partial charge on any atom is 0.342 e. The van der Waals surface area contributed by atoms with Crippen LogP contribution in [0.15, 0.2) is 42.5 Å². The van der Waals surface area contributed by atoms with E-state index in [1.54, 1.807) is 30.3 Å². The van der Waals surface area contributed by atoms with Crippen molar-refractivity contribution >= 4 is 40.8 Å². The van der Waals surface area contributed by atoms with Crippen LogP contribution in [0.4, 0.5) is 10.5 Å². The summed E-state index contributed by atoms with van der Waals surface area (Å²) in [5.74, 6) is 0.290. The summed E-state index contributed by atoms with van der Waals surface area (Å²) < 4.78 is 1.39. The average molecular weight is 499 g/mol. The van der Waals surface area contributed by atoms with Crippen LogP contribution in [0.1, 0.15) is 49.3 Å². The molecule has 3 N–H and O–H groups in total. The van der Waals surface area contributed by atoms with E-state index in [0.29, 0.717) is 27.0 Å². The normalized spacial score (nSPS) is 15.6. The molecular formula is C25H24Cl2N4O3. The van der Waals surface area contributed by atoms with Crippen molar-refractivity contribution in [3.63, 3.8) is 0 Å². The lowest BCUT2D eigenvalue weighted by Crippen LogP contribution is -2.31. The summed E-state index contributed by atoms with van der Waals surface area (Å²) in [6, 6.07) is 11.7. The maximum absolute atomic E-state index is 13.0. The zero-order valence-corrected chi connectivity index (χ0v) is 19.9. The van der Waals surface area contributed by atoms with Crippen LogP contribution < -0.4 is 10.6 Å². The molecule has 1 aromatic heterocycles. The van der Waals surface area contributed by atoms with Gasteiger partial charge in [-0.25, -0.2) is 4.79 Å². The fraction of sp³-hybridized carbons (Fsp3) is 0.320. The summed E-state index contributed by atoms with van der Waals surface area (Å²) in [5, 5.41) is 21.8. The molecule has 0 unspecified atom stereocenters. The number of nitrogens with one attached hydrogen (secondary N) is 2. The first kappa shape index (κ1) is 22.7. The second kappa shape index (κ2) is 9.31. The number of hydrogen-bond acceptors (Lipinski definition) is 4. The first-order chi connectivity index (χ1) is 16.4. The predicted octanol–water partition coefficient (Wildman–Crippen LogP) is 5.94. The van der Waals surface area contributed by atoms with Gasteiger partial charge in [0.25, 0.3) is 0 Å². The lowest BCUT2D eigenvalue weighted by molar-refractivity contribution is -0.117. The van der Waals surface area contributed by atoms with Crippen molar-refractivity contribution in [1.82, 2.24) is 15.1 Å². The van der Waals surface area contributed by atoms with Gasteiger partial charge < -0.3 is 15.7 Å². The van der Waals surface area contributed by atoms with Gasteiger partial charge >= 0.3 is 6.03 Å². The molecule has 0 bridgehead atoms. The van der Waals surface area contributed by atoms with Crippen LogP contribution in [0.5, 0.6) is 5.75 Å². The number of nitrogens with zero attached hydrogens (tertiary/aromatic N) is 2. The quantitative estimate of drug-likeness (QED) is 0.391. The summed E-state index contributed by atoms with van der Waals surface area (Å²) in [6.45, 7) is 0.273. The Morgan fingerprint density at radius 1 is 1.03 bits per heavy atom. The standard InChI is InChI=1S/C25H24Cl2N4O3/c26-19-9-4-14(10-20(19)27)13-28-25(34)31-22(15-2-1-3-15)12-21(30-31)18-8-7-17(11-23(18)32)29-24(33)16-5-6-16/h4,7-12,15-16,32H,1-3,5-6,13H2,(H,28,34)(H,29,33). The highest BCUT2D eigenvalue weighted by Gasteiger charge is 2.30. The number of carbonyl (C=O) groups excluding carboxylic acids is 2. The molecule has 2 fully saturated rings. The molecule has 2 aliphatic carbocycles. The maximum atomic E-state index is 13.0. The number of benzene rings is 2. The van der Waals surface area contributed by atoms with Crippen molar-refractivity contribution in [2.75, 3.05) is 5.32 Å². The van der Waals surface area contributed by atoms with Crippen molar-refractivity contribution in [3.8, 4) is 17.0 Å². The van der Waals surface area contributed by atoms with E-state index >= 15 is 0 Å². The number of rotatable bonds is 6. The number of anilines is 1. The smallest absolute Gasteiger partial charge is 0.342 e. The van der Waals surface area contributed by atoms with E-state index in [0.717, 1.165) is 43.4 Å². The Hall–Kier alpha value is -3.03. The van der Waals surface area contributed by atoms with Gasteiger partial charge in [-0.05, 0) is 61.6 Å². The Labute approximate surface area is 207 Å². The fourth-order valence-electron chi connectivity index (χ4n) is 4.00. The number of hydrogen-bond donors (Lipinski definition) is 3. The molecular weight excluding hydrogens is 475 g/mol. The number of phenolic OH excluding ortho intramolecular Hbond substituents is 1. The number of carbonyl (C=O) groups is 2. The van der Waals surface area contributed by atoms with Crippen LogP contribution in [-0.4, -0.2) is 26.8 Å². The highest BCUT2D eigenvalue weighted by atomic mass is 35.5. The summed E-state index contributed by atoms with van der Waals surface area (Å²) in [7, 11) is 0. The van der Waals surface area contributed by atoms with E-state index in [2.05, 4.69) is 15.7 Å². The van der Waals surface area contributed by atoms with Gasteiger partial charge in [0.2, 0.25) is 5.91 Å². The van der Waals surface area contributed by atoms with Crippen molar-refractivity contribution in [3.05, 3.63) is 63.8 Å². The Morgan fingerprint density at radius 2 is 1.82 bits per heavy atom. The average Bonchev–Trinajstić information content (AvgIpc) is 3.54. The van der Waals surface area contributed by atoms with Gasteiger partial charge in [-0.15, -0.1) is 0 Å². The molecule has 5 rings (SSSR count). The molecule has 0 atom stereocenters. The molecule has 1 heterocycles. The summed E-state index contributed by atoms with van der Waals surface area (Å²) in [4.78, 5) is 25.0. The van der Waals surface area contributed by atoms with Gasteiger partial charge in [-0.2, -0.15) is 9.78 Å². The molecule has 2 aromatic carbocycles. The van der Waals surface area contributed by atoms with Crippen molar-refractivity contribution in [2.45, 2.75) is 44.6 Å². The van der Waals surface area contributed by atoms with Gasteiger partial charge in [0.1, 0.15) is 5.75 Å². The molecule has 176 valence electrons. The minimum Gasteiger partial charge on any atom is -0.507 e. The summed E-state index contributed by atoms with van der Waals surface area (Å²) in [6.07, 6.45) is 4.90. The Bertz CT molecular complexity index is 1270. The third kappa shape index (κ3) is 4.76. The number of aromatic nitrogens is 2. The zero-order chi connectivity index (χ0) is 23.8. The number of phenols is 1. The van der Waals surface area contributed by atoms with E-state index in [1.165, 1.54) is 10.7 Å². The molecule has 7 nitrogen and oxygen atoms in total. The van der Waals surface area contributed by atoms with Crippen LogP contribution >= 0.6 is 23.2 Å². The van der Waals surface area contributed by atoms with Crippen LogP contribution in [0.3, 0.4) is 0 Å². The zero-order valence-electron chi connectivity index (χ0n) is 18.4. The molecule has 9 heteroatoms. The second-order valence-electron chi connectivity index (χ2n) is 8.90. The van der Waals surface area contributed by atoms with Crippen LogP contribution in [0, 0.1) is 5.92 Å². The lowest BCUT2D eigenvalue weighted by atomic mass is 9.82. The highest BCUT2D eigenvalue weighted by Crippen LogP contribution is 2.39. The van der Waals surface area contributed by atoms with Gasteiger partial charge in [0.15, 0.2) is 0 Å². The second-order valence-corrected chi connectivity index (χ2v) is 9.71. The molecule has 2 amide bonds. The first-order valence-corrected chi connectivity index (χ1v) is 12.1. The first-order valence-electron chi connectivity index (χ1n) is 11.4. The van der Waals surface area contributed by atoms with Crippen LogP contribution in [0.2, 0.25) is 10.0 Å². The van der Waals surface area contributed by atoms with Gasteiger partial charge in [0, 0.05) is 35.7 Å². The number of aromatic hydroxyl groups is 1. The molecule has 3 aromatic rings. The number of amides is 2.